The molecule has 0 amide bonds. The maximum atomic E-state index is 12.0. The van der Waals surface area contributed by atoms with Crippen LogP contribution in [0.5, 0.6) is 0 Å². The first-order valence-electron chi connectivity index (χ1n) is 6.38. The molecule has 0 aromatic carbocycles. The minimum absolute atomic E-state index is 0.256. The fourth-order valence-electron chi connectivity index (χ4n) is 1.85. The second kappa shape index (κ2) is 5.34. The zero-order valence-electron chi connectivity index (χ0n) is 11.1. The maximum Gasteiger partial charge on any atom is 0.355 e. The van der Waals surface area contributed by atoms with Crippen molar-refractivity contribution in [3.05, 3.63) is 18.0 Å². The quantitative estimate of drug-likeness (QED) is 0.817. The van der Waals surface area contributed by atoms with Crippen LogP contribution < -0.4 is 5.73 Å². The molecule has 0 radical (unpaired) electrons. The van der Waals surface area contributed by atoms with E-state index in [0.717, 1.165) is 12.8 Å². The van der Waals surface area contributed by atoms with Crippen LogP contribution in [0.25, 0.3) is 0 Å². The highest BCUT2D eigenvalue weighted by Gasteiger charge is 2.29. The van der Waals surface area contributed by atoms with E-state index in [0.29, 0.717) is 17.4 Å². The lowest BCUT2D eigenvalue weighted by Crippen LogP contribution is -2.27. The van der Waals surface area contributed by atoms with Gasteiger partial charge in [-0.25, -0.2) is 9.59 Å². The first-order chi connectivity index (χ1) is 9.02. The molecule has 0 saturated heterocycles. The fourth-order valence-corrected chi connectivity index (χ4v) is 1.85. The van der Waals surface area contributed by atoms with Crippen molar-refractivity contribution in [2.24, 2.45) is 0 Å². The van der Waals surface area contributed by atoms with Crippen LogP contribution >= 0.6 is 0 Å². The minimum Gasteiger partial charge on any atom is -0.463 e. The summed E-state index contributed by atoms with van der Waals surface area (Å²) < 4.78 is 11.7. The molecule has 1 heterocycles. The summed E-state index contributed by atoms with van der Waals surface area (Å²) >= 11 is 0. The van der Waals surface area contributed by atoms with E-state index in [2.05, 4.69) is 0 Å². The second-order valence-corrected chi connectivity index (χ2v) is 4.60. The number of ether oxygens (including phenoxy) is 2. The van der Waals surface area contributed by atoms with Gasteiger partial charge in [0.05, 0.1) is 12.3 Å². The van der Waals surface area contributed by atoms with Crippen LogP contribution in [0.15, 0.2) is 12.3 Å². The molecule has 1 aromatic rings. The van der Waals surface area contributed by atoms with Crippen LogP contribution in [0.2, 0.25) is 0 Å². The number of aromatic nitrogens is 1. The Hall–Kier alpha value is -1.98. The second-order valence-electron chi connectivity index (χ2n) is 4.60. The van der Waals surface area contributed by atoms with Crippen LogP contribution in [0.1, 0.15) is 43.2 Å². The van der Waals surface area contributed by atoms with Crippen LogP contribution in [-0.4, -0.2) is 29.2 Å². The molecule has 0 aliphatic heterocycles. The first kappa shape index (κ1) is 13.5. The molecule has 2 N–H and O–H groups in total. The first-order valence-corrected chi connectivity index (χ1v) is 6.38. The zero-order chi connectivity index (χ0) is 14.0. The Morgan fingerprint density at radius 3 is 2.79 bits per heavy atom. The largest absolute Gasteiger partial charge is 0.463 e. The maximum absolute atomic E-state index is 12.0. The van der Waals surface area contributed by atoms with Crippen LogP contribution in [0.4, 0.5) is 5.69 Å². The Labute approximate surface area is 111 Å². The molecule has 1 unspecified atom stereocenters. The van der Waals surface area contributed by atoms with Gasteiger partial charge < -0.3 is 19.8 Å². The summed E-state index contributed by atoms with van der Waals surface area (Å²) in [6.45, 7) is 3.45. The topological polar surface area (TPSA) is 83.6 Å². The van der Waals surface area contributed by atoms with Crippen molar-refractivity contribution in [3.63, 3.8) is 0 Å². The predicted octanol–water partition coefficient (Wildman–Crippen LogP) is 1.51. The number of nitrogens with two attached hydrogens (primary N) is 1. The molecule has 0 bridgehead atoms. The van der Waals surface area contributed by atoms with Gasteiger partial charge in [-0.15, -0.1) is 0 Å². The van der Waals surface area contributed by atoms with Gasteiger partial charge in [0.2, 0.25) is 0 Å². The molecular weight excluding hydrogens is 248 g/mol. The average Bonchev–Trinajstić information content (AvgIpc) is 3.12. The molecule has 1 aliphatic carbocycles. The van der Waals surface area contributed by atoms with Gasteiger partial charge in [-0.2, -0.15) is 0 Å². The summed E-state index contributed by atoms with van der Waals surface area (Å²) in [4.78, 5) is 23.4. The summed E-state index contributed by atoms with van der Waals surface area (Å²) in [7, 11) is 0. The number of carbonyl (C=O) groups excluding carboxylic acids is 2. The smallest absolute Gasteiger partial charge is 0.355 e. The van der Waals surface area contributed by atoms with E-state index in [-0.39, 0.29) is 6.61 Å². The highest BCUT2D eigenvalue weighted by molar-refractivity contribution is 5.91. The van der Waals surface area contributed by atoms with Crippen molar-refractivity contribution in [2.75, 3.05) is 12.3 Å². The summed E-state index contributed by atoms with van der Waals surface area (Å²) in [5.41, 5.74) is 6.60. The number of nitrogens with zero attached hydrogens (tertiary/aromatic N) is 1. The molecule has 1 atom stereocenters. The third kappa shape index (κ3) is 3.07. The van der Waals surface area contributed by atoms with E-state index in [4.69, 9.17) is 15.2 Å². The van der Waals surface area contributed by atoms with E-state index in [1.54, 1.807) is 19.2 Å². The highest BCUT2D eigenvalue weighted by atomic mass is 16.6. The van der Waals surface area contributed by atoms with Crippen LogP contribution in [-0.2, 0) is 14.3 Å². The summed E-state index contributed by atoms with van der Waals surface area (Å²) in [6.07, 6.45) is 2.86. The number of esters is 2. The Morgan fingerprint density at radius 1 is 1.53 bits per heavy atom. The Balaban J connectivity index is 2.05. The molecule has 1 saturated carbocycles. The van der Waals surface area contributed by atoms with E-state index in [1.165, 1.54) is 6.92 Å². The van der Waals surface area contributed by atoms with Crippen LogP contribution in [0.3, 0.4) is 0 Å². The molecule has 1 aliphatic rings. The fraction of sp³-hybridized carbons (Fsp3) is 0.538. The van der Waals surface area contributed by atoms with Gasteiger partial charge in [-0.05, 0) is 32.8 Å². The monoisotopic (exact) mass is 266 g/mol. The highest BCUT2D eigenvalue weighted by Crippen LogP contribution is 2.37. The van der Waals surface area contributed by atoms with E-state index < -0.39 is 18.0 Å². The molecule has 1 aromatic heterocycles. The molecule has 6 nitrogen and oxygen atoms in total. The lowest BCUT2D eigenvalue weighted by Gasteiger charge is -2.13. The standard InChI is InChI=1S/C13H18N2O4/c1-3-18-12(16)8(2)19-13(17)11-6-9(14)7-15(11)10-4-5-10/h6-8,10H,3-5,14H2,1-2H3. The number of anilines is 1. The Morgan fingerprint density at radius 2 is 2.21 bits per heavy atom. The van der Waals surface area contributed by atoms with Gasteiger partial charge in [0, 0.05) is 12.2 Å². The number of carbonyl (C=O) groups is 2. The van der Waals surface area contributed by atoms with E-state index in [1.807, 2.05) is 4.57 Å². The SMILES string of the molecule is CCOC(=O)C(C)OC(=O)c1cc(N)cn1C1CC1. The molecule has 104 valence electrons. The molecule has 6 heteroatoms. The Kier molecular flexibility index (Phi) is 3.78. The molecule has 0 spiro atoms. The van der Waals surface area contributed by atoms with Crippen molar-refractivity contribution in [3.8, 4) is 0 Å². The Bertz CT molecular complexity index is 491. The van der Waals surface area contributed by atoms with Crippen molar-refractivity contribution < 1.29 is 19.1 Å². The summed E-state index contributed by atoms with van der Waals surface area (Å²) in [6, 6.07) is 1.89. The normalized spacial score (nSPS) is 15.9. The molecule has 1 fully saturated rings. The van der Waals surface area contributed by atoms with Crippen molar-refractivity contribution in [2.45, 2.75) is 38.8 Å². The predicted molar refractivity (Wildman–Crippen MR) is 68.6 cm³/mol. The van der Waals surface area contributed by atoms with Crippen molar-refractivity contribution in [1.82, 2.24) is 4.57 Å². The number of nitrogen functional groups attached to an aromatic ring is 1. The minimum atomic E-state index is -0.920. The number of hydrogen-bond donors (Lipinski definition) is 1. The third-order valence-electron chi connectivity index (χ3n) is 2.92. The summed E-state index contributed by atoms with van der Waals surface area (Å²) in [5, 5.41) is 0. The van der Waals surface area contributed by atoms with E-state index in [9.17, 15) is 9.59 Å². The van der Waals surface area contributed by atoms with Gasteiger partial charge in [0.25, 0.3) is 0 Å². The zero-order valence-corrected chi connectivity index (χ0v) is 11.1. The lowest BCUT2D eigenvalue weighted by atomic mass is 10.3. The van der Waals surface area contributed by atoms with Gasteiger partial charge >= 0.3 is 11.9 Å². The molecular formula is C13H18N2O4. The van der Waals surface area contributed by atoms with Gasteiger partial charge in [0.1, 0.15) is 5.69 Å². The number of rotatable bonds is 5. The average molecular weight is 266 g/mol. The third-order valence-corrected chi connectivity index (χ3v) is 2.92. The lowest BCUT2D eigenvalue weighted by molar-refractivity contribution is -0.152. The van der Waals surface area contributed by atoms with Crippen molar-refractivity contribution in [1.29, 1.82) is 0 Å². The van der Waals surface area contributed by atoms with Gasteiger partial charge in [-0.1, -0.05) is 0 Å². The molecule has 19 heavy (non-hydrogen) atoms. The number of hydrogen-bond acceptors (Lipinski definition) is 5. The van der Waals surface area contributed by atoms with Gasteiger partial charge in [-0.3, -0.25) is 0 Å². The molecule has 2 rings (SSSR count). The van der Waals surface area contributed by atoms with Crippen LogP contribution in [0, 0.1) is 0 Å². The van der Waals surface area contributed by atoms with E-state index >= 15 is 0 Å². The summed E-state index contributed by atoms with van der Waals surface area (Å²) in [5.74, 6) is -1.10. The van der Waals surface area contributed by atoms with Crippen molar-refractivity contribution >= 4 is 17.6 Å². The van der Waals surface area contributed by atoms with Gasteiger partial charge in [0.15, 0.2) is 6.10 Å².